The first-order chi connectivity index (χ1) is 7.24. The molecule has 78 valence electrons. The molecule has 1 heteroatoms. The van der Waals surface area contributed by atoms with Gasteiger partial charge in [0.15, 0.2) is 0 Å². The zero-order valence-electron chi connectivity index (χ0n) is 9.29. The van der Waals surface area contributed by atoms with Crippen LogP contribution in [-0.4, -0.2) is 0 Å². The second-order valence-electron chi connectivity index (χ2n) is 3.16. The Balaban J connectivity index is 3.48. The van der Waals surface area contributed by atoms with E-state index < -0.39 is 0 Å². The lowest BCUT2D eigenvalue weighted by Gasteiger charge is -1.85. The molecule has 0 aromatic carbocycles. The van der Waals surface area contributed by atoms with E-state index in [2.05, 4.69) is 13.2 Å². The third kappa shape index (κ3) is 2.38. The highest BCUT2D eigenvalue weighted by Gasteiger charge is 2.02. The Morgan fingerprint density at radius 3 is 2.47 bits per heavy atom. The number of hydrogen-bond acceptors (Lipinski definition) is 1. The summed E-state index contributed by atoms with van der Waals surface area (Å²) in [7, 11) is 0. The van der Waals surface area contributed by atoms with Crippen LogP contribution in [0, 0.1) is 6.92 Å². The number of furan rings is 1. The van der Waals surface area contributed by atoms with Crippen molar-refractivity contribution in [1.29, 1.82) is 0 Å². The van der Waals surface area contributed by atoms with Gasteiger partial charge in [-0.3, -0.25) is 0 Å². The average molecular weight is 200 g/mol. The molecule has 1 heterocycles. The van der Waals surface area contributed by atoms with Crippen LogP contribution in [0.1, 0.15) is 18.2 Å². The fourth-order valence-corrected chi connectivity index (χ4v) is 1.42. The van der Waals surface area contributed by atoms with E-state index in [0.29, 0.717) is 0 Å². The van der Waals surface area contributed by atoms with Gasteiger partial charge in [-0.25, -0.2) is 0 Å². The zero-order valence-corrected chi connectivity index (χ0v) is 9.29. The Bertz CT molecular complexity index is 498. The van der Waals surface area contributed by atoms with E-state index in [4.69, 9.17) is 4.42 Å². The van der Waals surface area contributed by atoms with Gasteiger partial charge in [-0.05, 0) is 26.0 Å². The van der Waals surface area contributed by atoms with Gasteiger partial charge in [0.25, 0.3) is 0 Å². The third-order valence-corrected chi connectivity index (χ3v) is 2.19. The van der Waals surface area contributed by atoms with Gasteiger partial charge in [-0.15, -0.1) is 0 Å². The Morgan fingerprint density at radius 2 is 1.93 bits per heavy atom. The molecular weight excluding hydrogens is 184 g/mol. The molecule has 0 saturated heterocycles. The summed E-state index contributed by atoms with van der Waals surface area (Å²) in [4.78, 5) is 0. The molecule has 1 rings (SSSR count). The fourth-order valence-electron chi connectivity index (χ4n) is 1.42. The Kier molecular flexibility index (Phi) is 3.92. The van der Waals surface area contributed by atoms with Crippen LogP contribution in [0.25, 0.3) is 18.2 Å². The predicted octanol–water partition coefficient (Wildman–Crippen LogP) is 2.55. The molecule has 0 aliphatic rings. The van der Waals surface area contributed by atoms with E-state index in [1.165, 1.54) is 0 Å². The van der Waals surface area contributed by atoms with E-state index in [1.54, 1.807) is 12.2 Å². The second kappa shape index (κ2) is 5.20. The highest BCUT2D eigenvalue weighted by atomic mass is 16.3. The summed E-state index contributed by atoms with van der Waals surface area (Å²) in [6.07, 6.45) is 11.2. The van der Waals surface area contributed by atoms with Gasteiger partial charge in [-0.1, -0.05) is 37.5 Å². The van der Waals surface area contributed by atoms with E-state index in [9.17, 15) is 0 Å². The molecule has 0 unspecified atom stereocenters. The first-order valence-corrected chi connectivity index (χ1v) is 4.92. The van der Waals surface area contributed by atoms with Crippen molar-refractivity contribution in [3.8, 4) is 0 Å². The van der Waals surface area contributed by atoms with Crippen LogP contribution in [0.4, 0.5) is 0 Å². The zero-order chi connectivity index (χ0) is 11.3. The molecule has 1 aromatic heterocycles. The molecule has 0 radical (unpaired) electrons. The van der Waals surface area contributed by atoms with Crippen LogP contribution < -0.4 is 10.6 Å². The summed E-state index contributed by atoms with van der Waals surface area (Å²) in [6, 6.07) is 0. The van der Waals surface area contributed by atoms with E-state index in [-0.39, 0.29) is 0 Å². The monoisotopic (exact) mass is 200 g/mol. The smallest absolute Gasteiger partial charge is 0.131 e. The summed E-state index contributed by atoms with van der Waals surface area (Å²) in [6.45, 7) is 11.3. The summed E-state index contributed by atoms with van der Waals surface area (Å²) < 4.78 is 5.68. The molecule has 0 spiro atoms. The first-order valence-electron chi connectivity index (χ1n) is 4.92. The Labute approximate surface area is 90.4 Å². The second-order valence-corrected chi connectivity index (χ2v) is 3.16. The van der Waals surface area contributed by atoms with Gasteiger partial charge in [0.05, 0.1) is 0 Å². The van der Waals surface area contributed by atoms with Gasteiger partial charge in [-0.2, -0.15) is 0 Å². The standard InChI is InChI=1S/C14H16O/c1-5-8-10-14-11(4)12(9-6-2)13(7-3)15-14/h5-10H,1-2H2,3-4H3/b10-8-,12-9-,13-7+. The van der Waals surface area contributed by atoms with E-state index in [0.717, 1.165) is 22.0 Å². The van der Waals surface area contributed by atoms with Crippen LogP contribution >= 0.6 is 0 Å². The van der Waals surface area contributed by atoms with Crippen molar-refractivity contribution in [3.05, 3.63) is 53.3 Å². The topological polar surface area (TPSA) is 13.1 Å². The molecule has 15 heavy (non-hydrogen) atoms. The molecule has 0 N–H and O–H groups in total. The normalized spacial score (nSPS) is 13.7. The third-order valence-electron chi connectivity index (χ3n) is 2.19. The Hall–Kier alpha value is -1.76. The van der Waals surface area contributed by atoms with Gasteiger partial charge in [0.2, 0.25) is 0 Å². The lowest BCUT2D eigenvalue weighted by molar-refractivity contribution is 0.520. The predicted molar refractivity (Wildman–Crippen MR) is 66.7 cm³/mol. The maximum atomic E-state index is 5.68. The fraction of sp³-hybridized carbons (Fsp3) is 0.143. The maximum absolute atomic E-state index is 5.68. The van der Waals surface area contributed by atoms with Crippen molar-refractivity contribution >= 4 is 18.2 Å². The van der Waals surface area contributed by atoms with Gasteiger partial charge in [0.1, 0.15) is 11.2 Å². The lowest BCUT2D eigenvalue weighted by atomic mass is 10.2. The van der Waals surface area contributed by atoms with E-state index in [1.807, 2.05) is 38.2 Å². The molecule has 0 saturated carbocycles. The van der Waals surface area contributed by atoms with Gasteiger partial charge >= 0.3 is 0 Å². The van der Waals surface area contributed by atoms with Gasteiger partial charge in [0, 0.05) is 10.8 Å². The summed E-state index contributed by atoms with van der Waals surface area (Å²) in [5, 5.41) is 1.09. The summed E-state index contributed by atoms with van der Waals surface area (Å²) in [5.74, 6) is 0.871. The van der Waals surface area contributed by atoms with Crippen LogP contribution in [0.2, 0.25) is 0 Å². The quantitative estimate of drug-likeness (QED) is 0.683. The highest BCUT2D eigenvalue weighted by molar-refractivity contribution is 5.52. The van der Waals surface area contributed by atoms with Crippen LogP contribution in [0.3, 0.4) is 0 Å². The molecular formula is C14H16O. The van der Waals surface area contributed by atoms with Crippen molar-refractivity contribution in [1.82, 2.24) is 0 Å². The van der Waals surface area contributed by atoms with E-state index >= 15 is 0 Å². The van der Waals surface area contributed by atoms with Crippen LogP contribution in [0.5, 0.6) is 0 Å². The van der Waals surface area contributed by atoms with Crippen LogP contribution in [-0.2, 0) is 0 Å². The molecule has 1 aromatic rings. The number of rotatable bonds is 3. The van der Waals surface area contributed by atoms with Crippen molar-refractivity contribution in [2.24, 2.45) is 0 Å². The summed E-state index contributed by atoms with van der Waals surface area (Å²) >= 11 is 0. The van der Waals surface area contributed by atoms with Gasteiger partial charge < -0.3 is 4.42 Å². The molecule has 0 atom stereocenters. The minimum atomic E-state index is 0.871. The summed E-state index contributed by atoms with van der Waals surface area (Å²) in [5.41, 5.74) is 2.01. The number of allylic oxidation sites excluding steroid dienone is 3. The largest absolute Gasteiger partial charge is 0.457 e. The lowest BCUT2D eigenvalue weighted by Crippen LogP contribution is -2.20. The molecule has 0 bridgehead atoms. The average Bonchev–Trinajstić information content (AvgIpc) is 2.54. The number of hydrogen-bond donors (Lipinski definition) is 0. The first kappa shape index (κ1) is 11.3. The SMILES string of the molecule is C=C/C=C\c1oc(=C/C)/c(=C\C=C)c1C. The Morgan fingerprint density at radius 1 is 1.20 bits per heavy atom. The van der Waals surface area contributed by atoms with Crippen molar-refractivity contribution in [2.75, 3.05) is 0 Å². The molecule has 0 aliphatic heterocycles. The van der Waals surface area contributed by atoms with Crippen LogP contribution in [0.15, 0.2) is 35.8 Å². The maximum Gasteiger partial charge on any atom is 0.131 e. The molecule has 0 fully saturated rings. The van der Waals surface area contributed by atoms with Crippen molar-refractivity contribution in [2.45, 2.75) is 13.8 Å². The minimum absolute atomic E-state index is 0.871. The molecule has 0 amide bonds. The molecule has 0 aliphatic carbocycles. The van der Waals surface area contributed by atoms with Crippen molar-refractivity contribution < 1.29 is 4.42 Å². The minimum Gasteiger partial charge on any atom is -0.457 e. The molecule has 1 nitrogen and oxygen atoms in total. The van der Waals surface area contributed by atoms with Crippen molar-refractivity contribution in [3.63, 3.8) is 0 Å². The highest BCUT2D eigenvalue weighted by Crippen LogP contribution is 2.03.